The quantitative estimate of drug-likeness (QED) is 0.134. The van der Waals surface area contributed by atoms with Gasteiger partial charge in [-0.15, -0.1) is 0 Å². The summed E-state index contributed by atoms with van der Waals surface area (Å²) < 4.78 is 24.8. The van der Waals surface area contributed by atoms with Crippen molar-refractivity contribution >= 4 is 50.6 Å². The van der Waals surface area contributed by atoms with E-state index in [1.165, 1.54) is 7.11 Å². The Labute approximate surface area is 233 Å². The van der Waals surface area contributed by atoms with E-state index in [1.54, 1.807) is 24.4 Å². The largest absolute Gasteiger partial charge is 0.493 e. The summed E-state index contributed by atoms with van der Waals surface area (Å²) in [6.07, 6.45) is 2.44. The van der Waals surface area contributed by atoms with Crippen molar-refractivity contribution in [1.29, 1.82) is 0 Å². The summed E-state index contributed by atoms with van der Waals surface area (Å²) in [4.78, 5) is 12.6. The van der Waals surface area contributed by atoms with Crippen molar-refractivity contribution < 1.29 is 23.7 Å². The van der Waals surface area contributed by atoms with Crippen LogP contribution in [0.1, 0.15) is 41.8 Å². The average molecular weight is 667 g/mol. The lowest BCUT2D eigenvalue weighted by Gasteiger charge is -2.15. The molecule has 0 fully saturated rings. The Bertz CT molecular complexity index is 1200. The summed E-state index contributed by atoms with van der Waals surface area (Å²) in [6.45, 7) is 5.41. The molecular weight excluding hydrogens is 639 g/mol. The second-order valence-electron chi connectivity index (χ2n) is 7.59. The lowest BCUT2D eigenvalue weighted by molar-refractivity contribution is 0.0954. The summed E-state index contributed by atoms with van der Waals surface area (Å²) in [6, 6.07) is 16.7. The molecule has 0 saturated heterocycles. The summed E-state index contributed by atoms with van der Waals surface area (Å²) in [7, 11) is 1.54. The minimum Gasteiger partial charge on any atom is -0.493 e. The second-order valence-corrected chi connectivity index (χ2v) is 9.67. The third-order valence-electron chi connectivity index (χ3n) is 4.90. The number of hydrogen-bond donors (Lipinski definition) is 1. The van der Waals surface area contributed by atoms with Crippen molar-refractivity contribution in [3.8, 4) is 23.0 Å². The van der Waals surface area contributed by atoms with Crippen LogP contribution in [0.25, 0.3) is 0 Å². The maximum absolute atomic E-state index is 12.6. The Balaban J connectivity index is 1.69. The number of hydrazone groups is 1. The standard InChI is InChI=1S/C27H28BrIN2O5/c1-4-12-35-23-11-8-20(15-24(23)33-3)27(32)31-30-16-19-13-22(29)26(25(14-19)34-5-2)36-17-18-6-9-21(28)10-7-18/h6-11,13-16H,4-5,12,17H2,1-3H3,(H,31,32)/b30-16+. The fraction of sp³-hybridized carbons (Fsp3) is 0.259. The SMILES string of the molecule is CCCOc1ccc(C(=O)N/N=C/c2cc(I)c(OCc3ccc(Br)cc3)c(OCC)c2)cc1OC. The Morgan fingerprint density at radius 2 is 1.78 bits per heavy atom. The molecule has 7 nitrogen and oxygen atoms in total. The molecule has 0 aliphatic carbocycles. The summed E-state index contributed by atoms with van der Waals surface area (Å²) in [5.74, 6) is 2.01. The van der Waals surface area contributed by atoms with Crippen molar-refractivity contribution in [3.63, 3.8) is 0 Å². The molecule has 0 bridgehead atoms. The predicted octanol–water partition coefficient (Wildman–Crippen LogP) is 6.59. The van der Waals surface area contributed by atoms with Gasteiger partial charge >= 0.3 is 0 Å². The maximum atomic E-state index is 12.6. The first-order valence-electron chi connectivity index (χ1n) is 11.4. The van der Waals surface area contributed by atoms with E-state index in [9.17, 15) is 4.79 Å². The van der Waals surface area contributed by atoms with Crippen LogP contribution in [-0.4, -0.2) is 32.4 Å². The molecule has 0 aromatic heterocycles. The molecule has 3 rings (SSSR count). The smallest absolute Gasteiger partial charge is 0.271 e. The van der Waals surface area contributed by atoms with Gasteiger partial charge in [0.25, 0.3) is 5.91 Å². The maximum Gasteiger partial charge on any atom is 0.271 e. The molecule has 0 heterocycles. The van der Waals surface area contributed by atoms with Gasteiger partial charge in [-0.05, 0) is 89.5 Å². The first-order valence-corrected chi connectivity index (χ1v) is 13.3. The number of rotatable bonds is 12. The van der Waals surface area contributed by atoms with Gasteiger partial charge in [0, 0.05) is 10.0 Å². The van der Waals surface area contributed by atoms with E-state index in [2.05, 4.69) is 49.0 Å². The molecule has 1 amide bonds. The van der Waals surface area contributed by atoms with Crippen LogP contribution in [0.3, 0.4) is 0 Å². The van der Waals surface area contributed by atoms with Gasteiger partial charge in [-0.3, -0.25) is 4.79 Å². The van der Waals surface area contributed by atoms with Crippen LogP contribution in [0.5, 0.6) is 23.0 Å². The highest BCUT2D eigenvalue weighted by atomic mass is 127. The monoisotopic (exact) mass is 666 g/mol. The van der Waals surface area contributed by atoms with Crippen molar-refractivity contribution in [2.75, 3.05) is 20.3 Å². The molecule has 0 atom stereocenters. The highest BCUT2D eigenvalue weighted by molar-refractivity contribution is 14.1. The number of methoxy groups -OCH3 is 1. The number of ether oxygens (including phenoxy) is 4. The second kappa shape index (κ2) is 14.1. The molecule has 36 heavy (non-hydrogen) atoms. The fourth-order valence-electron chi connectivity index (χ4n) is 3.17. The topological polar surface area (TPSA) is 78.4 Å². The van der Waals surface area contributed by atoms with Crippen LogP contribution < -0.4 is 24.4 Å². The van der Waals surface area contributed by atoms with E-state index in [-0.39, 0.29) is 5.91 Å². The number of nitrogens with one attached hydrogen (secondary N) is 1. The third-order valence-corrected chi connectivity index (χ3v) is 6.23. The highest BCUT2D eigenvalue weighted by Crippen LogP contribution is 2.34. The van der Waals surface area contributed by atoms with Crippen molar-refractivity contribution in [2.45, 2.75) is 26.9 Å². The van der Waals surface area contributed by atoms with Crippen molar-refractivity contribution in [1.82, 2.24) is 5.43 Å². The molecule has 1 N–H and O–H groups in total. The first kappa shape index (κ1) is 27.8. The number of benzene rings is 3. The van der Waals surface area contributed by atoms with Crippen LogP contribution in [0, 0.1) is 3.57 Å². The van der Waals surface area contributed by atoms with E-state index >= 15 is 0 Å². The number of nitrogens with zero attached hydrogens (tertiary/aromatic N) is 1. The molecular formula is C27H28BrIN2O5. The normalized spacial score (nSPS) is 10.8. The van der Waals surface area contributed by atoms with Crippen LogP contribution in [0.15, 0.2) is 64.2 Å². The van der Waals surface area contributed by atoms with Gasteiger partial charge in [-0.25, -0.2) is 5.43 Å². The minimum absolute atomic E-state index is 0.360. The predicted molar refractivity (Wildman–Crippen MR) is 153 cm³/mol. The van der Waals surface area contributed by atoms with Crippen molar-refractivity contribution in [2.24, 2.45) is 5.10 Å². The molecule has 0 aliphatic rings. The Kier molecular flexibility index (Phi) is 10.9. The number of halogens is 2. The molecule has 3 aromatic carbocycles. The highest BCUT2D eigenvalue weighted by Gasteiger charge is 2.13. The minimum atomic E-state index is -0.360. The van der Waals surface area contributed by atoms with Crippen molar-refractivity contribution in [3.05, 3.63) is 79.3 Å². The van der Waals surface area contributed by atoms with Crippen LogP contribution in [-0.2, 0) is 6.61 Å². The Hall–Kier alpha value is -2.79. The zero-order chi connectivity index (χ0) is 25.9. The summed E-state index contributed by atoms with van der Waals surface area (Å²) in [5, 5.41) is 4.12. The number of hydrogen-bond acceptors (Lipinski definition) is 6. The molecule has 0 unspecified atom stereocenters. The molecule has 0 spiro atoms. The molecule has 3 aromatic rings. The van der Waals surface area contributed by atoms with Gasteiger partial charge in [0.05, 0.1) is 30.1 Å². The number of carbonyl (C=O) groups excluding carboxylic acids is 1. The third kappa shape index (κ3) is 7.86. The van der Waals surface area contributed by atoms with E-state index < -0.39 is 0 Å². The molecule has 0 radical (unpaired) electrons. The summed E-state index contributed by atoms with van der Waals surface area (Å²) >= 11 is 5.65. The van der Waals surface area contributed by atoms with E-state index in [4.69, 9.17) is 18.9 Å². The number of carbonyl (C=O) groups is 1. The van der Waals surface area contributed by atoms with Gasteiger partial charge in [0.2, 0.25) is 0 Å². The van der Waals surface area contributed by atoms with Gasteiger partial charge in [-0.2, -0.15) is 5.10 Å². The molecule has 9 heteroatoms. The zero-order valence-corrected chi connectivity index (χ0v) is 24.1. The van der Waals surface area contributed by atoms with Gasteiger partial charge < -0.3 is 18.9 Å². The van der Waals surface area contributed by atoms with E-state index in [1.807, 2.05) is 50.2 Å². The molecule has 0 saturated carbocycles. The number of amides is 1. The van der Waals surface area contributed by atoms with Gasteiger partial charge in [-0.1, -0.05) is 35.0 Å². The molecule has 190 valence electrons. The Morgan fingerprint density at radius 3 is 2.47 bits per heavy atom. The van der Waals surface area contributed by atoms with Crippen LogP contribution in [0.2, 0.25) is 0 Å². The lowest BCUT2D eigenvalue weighted by Crippen LogP contribution is -2.17. The van der Waals surface area contributed by atoms with E-state index in [0.29, 0.717) is 48.4 Å². The fourth-order valence-corrected chi connectivity index (χ4v) is 4.22. The first-order chi connectivity index (χ1) is 17.4. The summed E-state index contributed by atoms with van der Waals surface area (Å²) in [5.41, 5.74) is 4.78. The van der Waals surface area contributed by atoms with E-state index in [0.717, 1.165) is 25.6 Å². The van der Waals surface area contributed by atoms with Crippen LogP contribution in [0.4, 0.5) is 0 Å². The lowest BCUT2D eigenvalue weighted by atomic mass is 10.2. The average Bonchev–Trinajstić information content (AvgIpc) is 2.88. The van der Waals surface area contributed by atoms with Gasteiger partial charge in [0.15, 0.2) is 23.0 Å². The molecule has 0 aliphatic heterocycles. The van der Waals surface area contributed by atoms with Crippen LogP contribution >= 0.6 is 38.5 Å². The Morgan fingerprint density at radius 1 is 1.00 bits per heavy atom. The van der Waals surface area contributed by atoms with Gasteiger partial charge in [0.1, 0.15) is 6.61 Å². The zero-order valence-electron chi connectivity index (χ0n) is 20.3.